The maximum Gasteiger partial charge on any atom is 0.338 e. The number of nitrogens with zero attached hydrogens (tertiary/aromatic N) is 1. The number of ether oxygens (including phenoxy) is 1. The van der Waals surface area contributed by atoms with E-state index in [0.29, 0.717) is 23.7 Å². The average Bonchev–Trinajstić information content (AvgIpc) is 2.91. The first-order chi connectivity index (χ1) is 11.6. The van der Waals surface area contributed by atoms with Crippen LogP contribution in [-0.4, -0.2) is 36.0 Å². The lowest BCUT2D eigenvalue weighted by molar-refractivity contribution is -0.130. The highest BCUT2D eigenvalue weighted by molar-refractivity contribution is 6.34. The molecule has 0 bridgehead atoms. The monoisotopic (exact) mass is 366 g/mol. The maximum atomic E-state index is 12.3. The maximum absolute atomic E-state index is 12.3. The number of hydrogen-bond donors (Lipinski definition) is 1. The molecule has 1 heterocycles. The van der Waals surface area contributed by atoms with Gasteiger partial charge in [0.1, 0.15) is 0 Å². The van der Waals surface area contributed by atoms with Crippen molar-refractivity contribution in [2.75, 3.05) is 11.4 Å². The van der Waals surface area contributed by atoms with Gasteiger partial charge in [-0.15, -0.1) is 0 Å². The van der Waals surface area contributed by atoms with E-state index in [-0.39, 0.29) is 17.4 Å². The molecule has 0 unspecified atom stereocenters. The summed E-state index contributed by atoms with van der Waals surface area (Å²) in [5, 5.41) is 3.15. The summed E-state index contributed by atoms with van der Waals surface area (Å²) in [4.78, 5) is 37.8. The molecule has 1 aromatic carbocycles. The second kappa shape index (κ2) is 7.44. The van der Waals surface area contributed by atoms with Crippen LogP contribution in [0.2, 0.25) is 5.02 Å². The molecule has 1 aromatic rings. The highest BCUT2D eigenvalue weighted by atomic mass is 35.5. The molecular weight excluding hydrogens is 344 g/mol. The Kier molecular flexibility index (Phi) is 5.72. The van der Waals surface area contributed by atoms with Gasteiger partial charge in [0, 0.05) is 18.5 Å². The Morgan fingerprint density at radius 3 is 2.56 bits per heavy atom. The predicted molar refractivity (Wildman–Crippen MR) is 95.8 cm³/mol. The van der Waals surface area contributed by atoms with E-state index >= 15 is 0 Å². The minimum Gasteiger partial charge on any atom is -0.449 e. The third-order valence-electron chi connectivity index (χ3n) is 3.70. The Labute approximate surface area is 152 Å². The van der Waals surface area contributed by atoms with Crippen LogP contribution in [0.25, 0.3) is 0 Å². The van der Waals surface area contributed by atoms with Crippen molar-refractivity contribution < 1.29 is 19.1 Å². The number of benzene rings is 1. The number of halogens is 1. The molecule has 0 aliphatic carbocycles. The van der Waals surface area contributed by atoms with Gasteiger partial charge in [0.15, 0.2) is 6.10 Å². The van der Waals surface area contributed by atoms with Crippen LogP contribution in [0.3, 0.4) is 0 Å². The second-order valence-corrected chi connectivity index (χ2v) is 7.51. The molecule has 6 nitrogen and oxygen atoms in total. The number of amides is 2. The molecule has 0 aromatic heterocycles. The van der Waals surface area contributed by atoms with Gasteiger partial charge in [-0.25, -0.2) is 4.79 Å². The van der Waals surface area contributed by atoms with E-state index in [1.54, 1.807) is 11.0 Å². The third-order valence-corrected chi connectivity index (χ3v) is 4.02. The van der Waals surface area contributed by atoms with Crippen LogP contribution < -0.4 is 10.2 Å². The van der Waals surface area contributed by atoms with Gasteiger partial charge in [0.2, 0.25) is 5.91 Å². The molecule has 1 aliphatic rings. The number of carbonyl (C=O) groups is 3. The van der Waals surface area contributed by atoms with Crippen molar-refractivity contribution in [3.8, 4) is 0 Å². The Morgan fingerprint density at radius 2 is 2.00 bits per heavy atom. The van der Waals surface area contributed by atoms with E-state index in [4.69, 9.17) is 16.3 Å². The minimum absolute atomic E-state index is 0.0228. The van der Waals surface area contributed by atoms with Gasteiger partial charge in [-0.05, 0) is 52.3 Å². The van der Waals surface area contributed by atoms with E-state index in [1.807, 2.05) is 20.8 Å². The fourth-order valence-electron chi connectivity index (χ4n) is 2.50. The number of esters is 1. The van der Waals surface area contributed by atoms with Crippen LogP contribution in [0.4, 0.5) is 5.69 Å². The predicted octanol–water partition coefficient (Wildman–Crippen LogP) is 2.93. The summed E-state index contributed by atoms with van der Waals surface area (Å²) in [5.41, 5.74) is 0.321. The number of hydrogen-bond acceptors (Lipinski definition) is 4. The normalized spacial score (nSPS) is 15.9. The smallest absolute Gasteiger partial charge is 0.338 e. The summed E-state index contributed by atoms with van der Waals surface area (Å²) < 4.78 is 5.23. The van der Waals surface area contributed by atoms with Gasteiger partial charge < -0.3 is 15.0 Å². The summed E-state index contributed by atoms with van der Waals surface area (Å²) in [6, 6.07) is 4.60. The van der Waals surface area contributed by atoms with Gasteiger partial charge in [-0.3, -0.25) is 9.59 Å². The number of rotatable bonds is 4. The highest BCUT2D eigenvalue weighted by Gasteiger charge is 2.26. The Hall–Kier alpha value is -2.08. The van der Waals surface area contributed by atoms with Crippen LogP contribution in [-0.2, 0) is 14.3 Å². The Bertz CT molecular complexity index is 697. The summed E-state index contributed by atoms with van der Waals surface area (Å²) >= 11 is 6.16. The molecule has 7 heteroatoms. The lowest BCUT2D eigenvalue weighted by Crippen LogP contribution is -2.46. The average molecular weight is 367 g/mol. The quantitative estimate of drug-likeness (QED) is 0.831. The number of anilines is 1. The van der Waals surface area contributed by atoms with Crippen molar-refractivity contribution in [1.82, 2.24) is 5.32 Å². The summed E-state index contributed by atoms with van der Waals surface area (Å²) in [6.45, 7) is 7.62. The van der Waals surface area contributed by atoms with Crippen molar-refractivity contribution in [3.63, 3.8) is 0 Å². The molecule has 1 N–H and O–H groups in total. The molecule has 1 atom stereocenters. The zero-order valence-corrected chi connectivity index (χ0v) is 15.6. The Morgan fingerprint density at radius 1 is 1.32 bits per heavy atom. The molecule has 0 saturated carbocycles. The van der Waals surface area contributed by atoms with Gasteiger partial charge in [-0.1, -0.05) is 11.6 Å². The van der Waals surface area contributed by atoms with E-state index in [2.05, 4.69) is 5.32 Å². The lowest BCUT2D eigenvalue weighted by Gasteiger charge is -2.23. The molecule has 2 rings (SSSR count). The highest BCUT2D eigenvalue weighted by Crippen LogP contribution is 2.30. The number of carbonyl (C=O) groups excluding carboxylic acids is 3. The molecule has 1 saturated heterocycles. The van der Waals surface area contributed by atoms with Crippen molar-refractivity contribution in [2.45, 2.75) is 52.2 Å². The second-order valence-electron chi connectivity index (χ2n) is 7.10. The van der Waals surface area contributed by atoms with Crippen molar-refractivity contribution in [2.24, 2.45) is 0 Å². The van der Waals surface area contributed by atoms with E-state index in [1.165, 1.54) is 19.1 Å². The molecule has 0 radical (unpaired) electrons. The molecule has 1 aliphatic heterocycles. The molecule has 136 valence electrons. The van der Waals surface area contributed by atoms with E-state index in [0.717, 1.165) is 6.42 Å². The van der Waals surface area contributed by atoms with Gasteiger partial charge >= 0.3 is 5.97 Å². The van der Waals surface area contributed by atoms with Gasteiger partial charge in [-0.2, -0.15) is 0 Å². The molecule has 2 amide bonds. The topological polar surface area (TPSA) is 75.7 Å². The van der Waals surface area contributed by atoms with E-state index in [9.17, 15) is 14.4 Å². The minimum atomic E-state index is -0.931. The molecule has 1 fully saturated rings. The fraction of sp³-hybridized carbons (Fsp3) is 0.500. The van der Waals surface area contributed by atoms with Gasteiger partial charge in [0.05, 0.1) is 16.3 Å². The number of nitrogens with one attached hydrogen (secondary N) is 1. The summed E-state index contributed by atoms with van der Waals surface area (Å²) in [6.07, 6.45) is 0.294. The van der Waals surface area contributed by atoms with Crippen LogP contribution in [0.5, 0.6) is 0 Å². The van der Waals surface area contributed by atoms with Crippen LogP contribution in [0, 0.1) is 0 Å². The molecule has 0 spiro atoms. The van der Waals surface area contributed by atoms with Crippen LogP contribution in [0.15, 0.2) is 18.2 Å². The molecular formula is C18H23ClN2O4. The van der Waals surface area contributed by atoms with Crippen molar-refractivity contribution in [1.29, 1.82) is 0 Å². The standard InChI is InChI=1S/C18H23ClN2O4/c1-11(16(23)20-18(2,3)4)25-17(24)12-7-8-13(19)14(10-12)21-9-5-6-15(21)22/h7-8,10-11H,5-6,9H2,1-4H3,(H,20,23)/t11-/m0/s1. The lowest BCUT2D eigenvalue weighted by atomic mass is 10.1. The zero-order chi connectivity index (χ0) is 18.8. The van der Waals surface area contributed by atoms with E-state index < -0.39 is 17.6 Å². The fourth-order valence-corrected chi connectivity index (χ4v) is 2.72. The Balaban J connectivity index is 2.12. The van der Waals surface area contributed by atoms with Crippen molar-refractivity contribution in [3.05, 3.63) is 28.8 Å². The first-order valence-electron chi connectivity index (χ1n) is 8.21. The zero-order valence-electron chi connectivity index (χ0n) is 14.9. The molecule has 25 heavy (non-hydrogen) atoms. The van der Waals surface area contributed by atoms with Crippen molar-refractivity contribution >= 4 is 35.1 Å². The van der Waals surface area contributed by atoms with Crippen LogP contribution >= 0.6 is 11.6 Å². The van der Waals surface area contributed by atoms with Gasteiger partial charge in [0.25, 0.3) is 5.91 Å². The largest absolute Gasteiger partial charge is 0.449 e. The third kappa shape index (κ3) is 4.95. The first-order valence-corrected chi connectivity index (χ1v) is 8.59. The summed E-state index contributed by atoms with van der Waals surface area (Å²) in [5.74, 6) is -1.03. The summed E-state index contributed by atoms with van der Waals surface area (Å²) in [7, 11) is 0. The SMILES string of the molecule is C[C@H](OC(=O)c1ccc(Cl)c(N2CCCC2=O)c1)C(=O)NC(C)(C)C. The first kappa shape index (κ1) is 19.2. The van der Waals surface area contributed by atoms with Crippen LogP contribution in [0.1, 0.15) is 50.9 Å².